The summed E-state index contributed by atoms with van der Waals surface area (Å²) in [6.07, 6.45) is 1.70. The number of aromatic amines is 1. The minimum absolute atomic E-state index is 0.0989. The van der Waals surface area contributed by atoms with E-state index in [0.717, 1.165) is 29.7 Å². The Morgan fingerprint density at radius 3 is 2.70 bits per heavy atom. The van der Waals surface area contributed by atoms with Crippen LogP contribution >= 0.6 is 12.2 Å². The molecule has 2 heterocycles. The maximum absolute atomic E-state index is 13.0. The van der Waals surface area contributed by atoms with Crippen LogP contribution in [0.4, 0.5) is 0 Å². The summed E-state index contributed by atoms with van der Waals surface area (Å²) in [7, 11) is 0. The third-order valence-electron chi connectivity index (χ3n) is 6.19. The quantitative estimate of drug-likeness (QED) is 0.487. The molecule has 0 bridgehead atoms. The summed E-state index contributed by atoms with van der Waals surface area (Å²) in [6, 6.07) is 16.2. The number of nitrogens with one attached hydrogen (secondary N) is 2. The van der Waals surface area contributed by atoms with Crippen molar-refractivity contribution < 1.29 is 14.3 Å². The maximum Gasteiger partial charge on any atom is 0.240 e. The van der Waals surface area contributed by atoms with Crippen LogP contribution < -0.4 is 10.1 Å². The van der Waals surface area contributed by atoms with Crippen LogP contribution in [0.1, 0.15) is 30.9 Å². The van der Waals surface area contributed by atoms with Gasteiger partial charge in [-0.15, -0.1) is 0 Å². The molecule has 3 aromatic rings. The Hall–Kier alpha value is -2.97. The van der Waals surface area contributed by atoms with Crippen molar-refractivity contribution in [3.63, 3.8) is 0 Å². The smallest absolute Gasteiger partial charge is 0.240 e. The van der Waals surface area contributed by atoms with Gasteiger partial charge in [0, 0.05) is 30.7 Å². The Morgan fingerprint density at radius 1 is 1.24 bits per heavy atom. The Labute approximate surface area is 199 Å². The van der Waals surface area contributed by atoms with Gasteiger partial charge in [0.15, 0.2) is 10.6 Å². The van der Waals surface area contributed by atoms with Crippen LogP contribution in [0.2, 0.25) is 0 Å². The van der Waals surface area contributed by atoms with Crippen LogP contribution in [0.25, 0.3) is 11.4 Å². The normalized spacial score (nSPS) is 15.2. The predicted molar refractivity (Wildman–Crippen MR) is 130 cm³/mol. The first-order valence-electron chi connectivity index (χ1n) is 11.3. The van der Waals surface area contributed by atoms with E-state index in [1.807, 2.05) is 50.2 Å². The van der Waals surface area contributed by atoms with Crippen LogP contribution in [-0.4, -0.2) is 47.0 Å². The Kier molecular flexibility index (Phi) is 7.25. The summed E-state index contributed by atoms with van der Waals surface area (Å²) in [4.78, 5) is 13.0. The topological polar surface area (TPSA) is 81.2 Å². The number of aromatic nitrogens is 3. The number of aryl methyl sites for hydroxylation is 1. The van der Waals surface area contributed by atoms with E-state index in [4.69, 9.17) is 21.7 Å². The molecule has 1 saturated heterocycles. The average molecular weight is 467 g/mol. The lowest BCUT2D eigenvalue weighted by atomic mass is 9.74. The summed E-state index contributed by atoms with van der Waals surface area (Å²) in [5.74, 6) is 1.41. The van der Waals surface area contributed by atoms with Crippen molar-refractivity contribution in [2.45, 2.75) is 38.6 Å². The molecule has 0 radical (unpaired) electrons. The molecule has 0 atom stereocenters. The fourth-order valence-corrected chi connectivity index (χ4v) is 4.53. The molecule has 0 aliphatic carbocycles. The number of hydrogen-bond donors (Lipinski definition) is 2. The second kappa shape index (κ2) is 10.3. The highest BCUT2D eigenvalue weighted by Crippen LogP contribution is 2.35. The zero-order chi connectivity index (χ0) is 23.3. The summed E-state index contributed by atoms with van der Waals surface area (Å²) < 4.78 is 13.4. The van der Waals surface area contributed by atoms with E-state index in [-0.39, 0.29) is 17.9 Å². The van der Waals surface area contributed by atoms with E-state index in [1.165, 1.54) is 5.56 Å². The van der Waals surface area contributed by atoms with Gasteiger partial charge in [-0.05, 0) is 62.7 Å². The van der Waals surface area contributed by atoms with Crippen molar-refractivity contribution in [2.24, 2.45) is 0 Å². The largest absolute Gasteiger partial charge is 0.494 e. The molecular weight excluding hydrogens is 436 g/mol. The van der Waals surface area contributed by atoms with Gasteiger partial charge in [0.05, 0.1) is 6.61 Å². The molecule has 1 aliphatic heterocycles. The molecule has 0 spiro atoms. The number of rotatable bonds is 8. The zero-order valence-electron chi connectivity index (χ0n) is 19.1. The first kappa shape index (κ1) is 23.2. The lowest BCUT2D eigenvalue weighted by Gasteiger charge is -2.38. The highest BCUT2D eigenvalue weighted by atomic mass is 32.1. The highest BCUT2D eigenvalue weighted by Gasteiger charge is 2.35. The van der Waals surface area contributed by atoms with Crippen molar-refractivity contribution in [3.8, 4) is 17.1 Å². The highest BCUT2D eigenvalue weighted by molar-refractivity contribution is 7.71. The Bertz CT molecular complexity index is 1150. The summed E-state index contributed by atoms with van der Waals surface area (Å²) in [6.45, 7) is 6.62. The van der Waals surface area contributed by atoms with Crippen LogP contribution in [-0.2, 0) is 21.5 Å². The maximum atomic E-state index is 13.0. The molecule has 8 heteroatoms. The lowest BCUT2D eigenvalue weighted by molar-refractivity contribution is -0.122. The van der Waals surface area contributed by atoms with Crippen molar-refractivity contribution in [3.05, 3.63) is 64.4 Å². The number of amides is 1. The number of carbonyl (C=O) groups excluding carboxylic acids is 1. The van der Waals surface area contributed by atoms with Crippen LogP contribution in [0, 0.1) is 11.7 Å². The predicted octanol–water partition coefficient (Wildman–Crippen LogP) is 4.18. The monoisotopic (exact) mass is 466 g/mol. The molecule has 1 aromatic heterocycles. The van der Waals surface area contributed by atoms with Crippen LogP contribution in [0.15, 0.2) is 48.5 Å². The van der Waals surface area contributed by atoms with Gasteiger partial charge in [0.2, 0.25) is 5.91 Å². The van der Waals surface area contributed by atoms with Crippen LogP contribution in [0.5, 0.6) is 5.75 Å². The third kappa shape index (κ3) is 5.34. The number of benzene rings is 2. The third-order valence-corrected chi connectivity index (χ3v) is 6.50. The van der Waals surface area contributed by atoms with E-state index in [1.54, 1.807) is 4.57 Å². The van der Waals surface area contributed by atoms with Gasteiger partial charge in [0.1, 0.15) is 12.3 Å². The minimum Gasteiger partial charge on any atom is -0.494 e. The molecule has 7 nitrogen and oxygen atoms in total. The first-order valence-corrected chi connectivity index (χ1v) is 11.7. The fourth-order valence-electron chi connectivity index (χ4n) is 4.34. The van der Waals surface area contributed by atoms with Crippen molar-refractivity contribution in [1.82, 2.24) is 20.1 Å². The minimum atomic E-state index is -0.171. The van der Waals surface area contributed by atoms with Gasteiger partial charge in [-0.2, -0.15) is 5.10 Å². The average Bonchev–Trinajstić information content (AvgIpc) is 3.19. The van der Waals surface area contributed by atoms with Gasteiger partial charge >= 0.3 is 0 Å². The zero-order valence-corrected chi connectivity index (χ0v) is 19.9. The molecule has 0 saturated carbocycles. The van der Waals surface area contributed by atoms with Crippen molar-refractivity contribution in [1.29, 1.82) is 0 Å². The van der Waals surface area contributed by atoms with Crippen molar-refractivity contribution >= 4 is 18.1 Å². The van der Waals surface area contributed by atoms with E-state index < -0.39 is 0 Å². The molecule has 1 aliphatic rings. The number of hydrogen-bond acceptors (Lipinski definition) is 5. The molecule has 2 aromatic carbocycles. The van der Waals surface area contributed by atoms with Gasteiger partial charge in [-0.1, -0.05) is 35.9 Å². The van der Waals surface area contributed by atoms with Gasteiger partial charge < -0.3 is 14.8 Å². The van der Waals surface area contributed by atoms with Gasteiger partial charge in [-0.3, -0.25) is 14.5 Å². The SMILES string of the molecule is CCOc1ccc(C2(CNC(=O)Cn3c(-c4cccc(C)c4)n[nH]c3=S)CCOCC2)cc1. The van der Waals surface area contributed by atoms with E-state index in [2.05, 4.69) is 27.6 Å². The number of ether oxygens (including phenoxy) is 2. The molecular formula is C25H30N4O3S. The van der Waals surface area contributed by atoms with Gasteiger partial charge in [0.25, 0.3) is 0 Å². The standard InChI is InChI=1S/C25H30N4O3S/c1-3-32-21-9-7-20(8-10-21)25(11-13-31-14-12-25)17-26-22(30)16-29-23(27-28-24(29)33)19-6-4-5-18(2)15-19/h4-10,15H,3,11-14,16-17H2,1-2H3,(H,26,30)(H,28,33). The summed E-state index contributed by atoms with van der Waals surface area (Å²) in [5.41, 5.74) is 3.06. The summed E-state index contributed by atoms with van der Waals surface area (Å²) >= 11 is 5.40. The molecule has 174 valence electrons. The second-order valence-electron chi connectivity index (χ2n) is 8.43. The number of H-pyrrole nitrogens is 1. The molecule has 1 fully saturated rings. The first-order chi connectivity index (χ1) is 16.0. The molecule has 4 rings (SSSR count). The molecule has 33 heavy (non-hydrogen) atoms. The Balaban J connectivity index is 1.49. The molecule has 0 unspecified atom stereocenters. The number of nitrogens with zero attached hydrogens (tertiary/aromatic N) is 2. The second-order valence-corrected chi connectivity index (χ2v) is 8.82. The van der Waals surface area contributed by atoms with E-state index >= 15 is 0 Å². The van der Waals surface area contributed by atoms with Crippen LogP contribution in [0.3, 0.4) is 0 Å². The van der Waals surface area contributed by atoms with E-state index in [9.17, 15) is 4.79 Å². The lowest BCUT2D eigenvalue weighted by Crippen LogP contribution is -2.45. The van der Waals surface area contributed by atoms with E-state index in [0.29, 0.717) is 37.0 Å². The van der Waals surface area contributed by atoms with Gasteiger partial charge in [-0.25, -0.2) is 0 Å². The fraction of sp³-hybridized carbons (Fsp3) is 0.400. The summed E-state index contributed by atoms with van der Waals surface area (Å²) in [5, 5.41) is 10.3. The van der Waals surface area contributed by atoms with Crippen molar-refractivity contribution in [2.75, 3.05) is 26.4 Å². The molecule has 1 amide bonds. The number of carbonyl (C=O) groups is 1. The molecule has 2 N–H and O–H groups in total. The Morgan fingerprint density at radius 2 is 2.00 bits per heavy atom.